The number of carbonyl (C=O) groups is 1. The number of hydrogen-bond acceptors (Lipinski definition) is 3. The summed E-state index contributed by atoms with van der Waals surface area (Å²) >= 11 is 5.72. The van der Waals surface area contributed by atoms with Gasteiger partial charge in [-0.1, -0.05) is 17.7 Å². The number of rotatable bonds is 6. The van der Waals surface area contributed by atoms with Crippen LogP contribution in [0.4, 0.5) is 18.9 Å². The summed E-state index contributed by atoms with van der Waals surface area (Å²) in [7, 11) is -4.13. The molecule has 2 N–H and O–H groups in total. The fourth-order valence-electron chi connectivity index (χ4n) is 1.48. The molecule has 0 bridgehead atoms. The SMILES string of the molecule is O=C(O)c1cccc(Cl)c1NS(=O)(=O)CCCC(F)(F)F. The average Bonchev–Trinajstić information content (AvgIpc) is 2.29. The Hall–Kier alpha value is -1.48. The number of alkyl halides is 3. The van der Waals surface area contributed by atoms with Gasteiger partial charge in [0.15, 0.2) is 0 Å². The van der Waals surface area contributed by atoms with Crippen LogP contribution in [0.25, 0.3) is 0 Å². The molecule has 1 aromatic carbocycles. The van der Waals surface area contributed by atoms with Crippen molar-refractivity contribution in [2.24, 2.45) is 0 Å². The smallest absolute Gasteiger partial charge is 0.389 e. The molecule has 0 unspecified atom stereocenters. The molecular weight excluding hydrogens is 335 g/mol. The second-order valence-electron chi connectivity index (χ2n) is 4.11. The summed E-state index contributed by atoms with van der Waals surface area (Å²) in [4.78, 5) is 11.0. The number of carboxylic acid groups (broad SMARTS) is 1. The van der Waals surface area contributed by atoms with Crippen LogP contribution in [0.3, 0.4) is 0 Å². The molecule has 1 rings (SSSR count). The maximum atomic E-state index is 12.0. The van der Waals surface area contributed by atoms with Gasteiger partial charge in [0.2, 0.25) is 10.0 Å². The van der Waals surface area contributed by atoms with Gasteiger partial charge in [0.1, 0.15) is 0 Å². The molecule has 0 heterocycles. The van der Waals surface area contributed by atoms with Gasteiger partial charge < -0.3 is 5.11 Å². The first-order valence-corrected chi connectivity index (χ1v) is 7.64. The van der Waals surface area contributed by atoms with E-state index in [0.29, 0.717) is 0 Å². The highest BCUT2D eigenvalue weighted by molar-refractivity contribution is 7.92. The topological polar surface area (TPSA) is 83.5 Å². The number of halogens is 4. The second kappa shape index (κ2) is 6.52. The zero-order chi connectivity index (χ0) is 16.3. The van der Waals surface area contributed by atoms with Gasteiger partial charge in [-0.15, -0.1) is 0 Å². The molecule has 0 saturated heterocycles. The summed E-state index contributed by atoms with van der Waals surface area (Å²) in [5.74, 6) is -2.21. The van der Waals surface area contributed by atoms with Crippen molar-refractivity contribution in [3.63, 3.8) is 0 Å². The lowest BCUT2D eigenvalue weighted by Crippen LogP contribution is -2.20. The minimum atomic E-state index is -4.45. The van der Waals surface area contributed by atoms with E-state index in [1.165, 1.54) is 12.1 Å². The molecule has 0 atom stereocenters. The second-order valence-corrected chi connectivity index (χ2v) is 6.36. The van der Waals surface area contributed by atoms with E-state index >= 15 is 0 Å². The lowest BCUT2D eigenvalue weighted by molar-refractivity contribution is -0.134. The maximum absolute atomic E-state index is 12.0. The van der Waals surface area contributed by atoms with Crippen LogP contribution in [0.1, 0.15) is 23.2 Å². The van der Waals surface area contributed by atoms with E-state index in [1.807, 2.05) is 4.72 Å². The van der Waals surface area contributed by atoms with Crippen LogP contribution in [-0.2, 0) is 10.0 Å². The van der Waals surface area contributed by atoms with Gasteiger partial charge in [-0.3, -0.25) is 4.72 Å². The van der Waals surface area contributed by atoms with E-state index < -0.39 is 40.8 Å². The van der Waals surface area contributed by atoms with E-state index in [2.05, 4.69) is 0 Å². The lowest BCUT2D eigenvalue weighted by Gasteiger charge is -2.12. The van der Waals surface area contributed by atoms with Crippen LogP contribution >= 0.6 is 11.6 Å². The molecule has 0 radical (unpaired) electrons. The third kappa shape index (κ3) is 5.80. The van der Waals surface area contributed by atoms with Crippen molar-refractivity contribution < 1.29 is 31.5 Å². The summed E-state index contributed by atoms with van der Waals surface area (Å²) in [6.07, 6.45) is -6.33. The predicted molar refractivity (Wildman–Crippen MR) is 71.1 cm³/mol. The molecule has 0 saturated carbocycles. The van der Waals surface area contributed by atoms with Crippen molar-refractivity contribution in [3.05, 3.63) is 28.8 Å². The van der Waals surface area contributed by atoms with Crippen LogP contribution < -0.4 is 4.72 Å². The highest BCUT2D eigenvalue weighted by Crippen LogP contribution is 2.28. The number of benzene rings is 1. The van der Waals surface area contributed by atoms with Crippen molar-refractivity contribution >= 4 is 33.3 Å². The maximum Gasteiger partial charge on any atom is 0.389 e. The number of hydrogen-bond donors (Lipinski definition) is 2. The molecule has 5 nitrogen and oxygen atoms in total. The highest BCUT2D eigenvalue weighted by atomic mass is 35.5. The fourth-order valence-corrected chi connectivity index (χ4v) is 2.91. The van der Waals surface area contributed by atoms with E-state index in [-0.39, 0.29) is 16.3 Å². The molecule has 0 aliphatic heterocycles. The Bertz CT molecular complexity index is 631. The molecule has 0 fully saturated rings. The molecule has 0 amide bonds. The molecule has 118 valence electrons. The monoisotopic (exact) mass is 345 g/mol. The minimum absolute atomic E-state index is 0.158. The summed E-state index contributed by atoms with van der Waals surface area (Å²) < 4.78 is 61.2. The lowest BCUT2D eigenvalue weighted by atomic mass is 10.2. The zero-order valence-corrected chi connectivity index (χ0v) is 12.0. The Morgan fingerprint density at radius 3 is 2.48 bits per heavy atom. The van der Waals surface area contributed by atoms with Crippen LogP contribution in [0, 0.1) is 0 Å². The van der Waals surface area contributed by atoms with E-state index in [0.717, 1.165) is 6.07 Å². The molecule has 10 heteroatoms. The first-order chi connectivity index (χ1) is 9.52. The van der Waals surface area contributed by atoms with Crippen LogP contribution in [-0.4, -0.2) is 31.4 Å². The first-order valence-electron chi connectivity index (χ1n) is 5.61. The van der Waals surface area contributed by atoms with Gasteiger partial charge in [0.05, 0.1) is 22.0 Å². The largest absolute Gasteiger partial charge is 0.478 e. The highest BCUT2D eigenvalue weighted by Gasteiger charge is 2.28. The predicted octanol–water partition coefficient (Wildman–Crippen LogP) is 3.12. The van der Waals surface area contributed by atoms with Gasteiger partial charge in [-0.25, -0.2) is 13.2 Å². The third-order valence-corrected chi connectivity index (χ3v) is 4.03. The van der Waals surface area contributed by atoms with E-state index in [9.17, 15) is 26.4 Å². The van der Waals surface area contributed by atoms with Crippen molar-refractivity contribution in [2.75, 3.05) is 10.5 Å². The molecular formula is C11H11ClF3NO4S. The number of para-hydroxylation sites is 1. The number of nitrogens with one attached hydrogen (secondary N) is 1. The van der Waals surface area contributed by atoms with Gasteiger partial charge in [0, 0.05) is 6.42 Å². The molecule has 21 heavy (non-hydrogen) atoms. The molecule has 0 aliphatic carbocycles. The Kier molecular flexibility index (Phi) is 5.46. The Morgan fingerprint density at radius 2 is 1.95 bits per heavy atom. The van der Waals surface area contributed by atoms with Crippen molar-refractivity contribution in [1.29, 1.82) is 0 Å². The minimum Gasteiger partial charge on any atom is -0.478 e. The van der Waals surface area contributed by atoms with E-state index in [4.69, 9.17) is 16.7 Å². The standard InChI is InChI=1S/C11H11ClF3NO4S/c12-8-4-1-3-7(10(17)18)9(8)16-21(19,20)6-2-5-11(13,14)15/h1,3-4,16H,2,5-6H2,(H,17,18). The summed E-state index contributed by atoms with van der Waals surface area (Å²) in [6, 6.07) is 3.70. The van der Waals surface area contributed by atoms with Gasteiger partial charge in [-0.2, -0.15) is 13.2 Å². The Balaban J connectivity index is 2.87. The van der Waals surface area contributed by atoms with Crippen LogP contribution in [0.5, 0.6) is 0 Å². The molecule has 0 spiro atoms. The number of carboxylic acids is 1. The number of anilines is 1. The summed E-state index contributed by atoms with van der Waals surface area (Å²) in [6.45, 7) is 0. The Labute approximate surface area is 123 Å². The van der Waals surface area contributed by atoms with Gasteiger partial charge in [-0.05, 0) is 18.6 Å². The van der Waals surface area contributed by atoms with Crippen molar-refractivity contribution in [3.8, 4) is 0 Å². The average molecular weight is 346 g/mol. The molecule has 0 aromatic heterocycles. The van der Waals surface area contributed by atoms with E-state index in [1.54, 1.807) is 0 Å². The first kappa shape index (κ1) is 17.6. The van der Waals surface area contributed by atoms with Gasteiger partial charge >= 0.3 is 12.1 Å². The zero-order valence-electron chi connectivity index (χ0n) is 10.4. The summed E-state index contributed by atoms with van der Waals surface area (Å²) in [5.41, 5.74) is -0.749. The summed E-state index contributed by atoms with van der Waals surface area (Å²) in [5, 5.41) is 8.77. The normalized spacial score (nSPS) is 12.2. The number of sulfonamides is 1. The fraction of sp³-hybridized carbons (Fsp3) is 0.364. The molecule has 1 aromatic rings. The van der Waals surface area contributed by atoms with Crippen molar-refractivity contribution in [2.45, 2.75) is 19.0 Å². The van der Waals surface area contributed by atoms with Crippen LogP contribution in [0.2, 0.25) is 5.02 Å². The quantitative estimate of drug-likeness (QED) is 0.829. The Morgan fingerprint density at radius 1 is 1.33 bits per heavy atom. The molecule has 0 aliphatic rings. The third-order valence-electron chi connectivity index (χ3n) is 2.37. The van der Waals surface area contributed by atoms with Crippen LogP contribution in [0.15, 0.2) is 18.2 Å². The van der Waals surface area contributed by atoms with Crippen molar-refractivity contribution in [1.82, 2.24) is 0 Å². The van der Waals surface area contributed by atoms with Gasteiger partial charge in [0.25, 0.3) is 0 Å². The number of aromatic carboxylic acids is 1.